The molecule has 2 saturated carbocycles. The third-order valence-corrected chi connectivity index (χ3v) is 6.62. The summed E-state index contributed by atoms with van der Waals surface area (Å²) in [5.74, 6) is 0.931. The number of H-pyrrole nitrogens is 1. The molecule has 1 aromatic heterocycles. The maximum absolute atomic E-state index is 12.5. The summed E-state index contributed by atoms with van der Waals surface area (Å²) in [5.41, 5.74) is 3.58. The molecule has 1 N–H and O–H groups in total. The normalized spacial score (nSPS) is 20.3. The number of allylic oxidation sites excluding steroid dienone is 1. The quantitative estimate of drug-likeness (QED) is 0.682. The van der Waals surface area contributed by atoms with Crippen molar-refractivity contribution in [3.05, 3.63) is 68.6 Å². The summed E-state index contributed by atoms with van der Waals surface area (Å²) in [5, 5.41) is 0.699. The van der Waals surface area contributed by atoms with Crippen LogP contribution in [0.2, 0.25) is 5.02 Å². The van der Waals surface area contributed by atoms with Gasteiger partial charge >= 0.3 is 0 Å². The Kier molecular flexibility index (Phi) is 5.29. The highest BCUT2D eigenvalue weighted by molar-refractivity contribution is 7.98. The van der Waals surface area contributed by atoms with Crippen LogP contribution in [0.3, 0.4) is 0 Å². The Hall–Kier alpha value is -1.78. The number of aromatic amines is 1. The molecule has 5 heteroatoms. The third kappa shape index (κ3) is 4.07. The molecule has 2 aliphatic carbocycles. The second-order valence-electron chi connectivity index (χ2n) is 7.40. The fourth-order valence-corrected chi connectivity index (χ4v) is 4.62. The first-order valence-corrected chi connectivity index (χ1v) is 11.0. The first kappa shape index (κ1) is 18.6. The van der Waals surface area contributed by atoms with E-state index in [1.807, 2.05) is 36.6 Å². The average molecular weight is 400 g/mol. The fraction of sp³-hybridized carbons (Fsp3) is 0.364. The molecule has 3 nitrogen and oxygen atoms in total. The minimum Gasteiger partial charge on any atom is -0.322 e. The van der Waals surface area contributed by atoms with Gasteiger partial charge in [-0.3, -0.25) is 9.59 Å². The van der Waals surface area contributed by atoms with E-state index in [0.29, 0.717) is 29.6 Å². The van der Waals surface area contributed by atoms with Crippen molar-refractivity contribution in [2.45, 2.75) is 42.9 Å². The highest BCUT2D eigenvalue weighted by Crippen LogP contribution is 2.39. The lowest BCUT2D eigenvalue weighted by molar-refractivity contribution is -0.117. The number of hydrogen-bond acceptors (Lipinski definition) is 3. The van der Waals surface area contributed by atoms with Crippen LogP contribution in [0, 0.1) is 5.92 Å². The average Bonchev–Trinajstić information content (AvgIpc) is 3.41. The lowest BCUT2D eigenvalue weighted by Crippen LogP contribution is -2.13. The molecule has 0 unspecified atom stereocenters. The summed E-state index contributed by atoms with van der Waals surface area (Å²) in [6, 6.07) is 9.94. The minimum atomic E-state index is -0.00442. The molecule has 0 spiro atoms. The molecule has 2 fully saturated rings. The van der Waals surface area contributed by atoms with Crippen LogP contribution in [0.25, 0.3) is 5.57 Å². The number of benzene rings is 1. The number of rotatable bonds is 5. The number of hydrogen-bond donors (Lipinski definition) is 1. The topological polar surface area (TPSA) is 49.9 Å². The van der Waals surface area contributed by atoms with Gasteiger partial charge in [0.15, 0.2) is 0 Å². The van der Waals surface area contributed by atoms with E-state index in [-0.39, 0.29) is 11.5 Å². The van der Waals surface area contributed by atoms with E-state index in [2.05, 4.69) is 11.1 Å². The molecule has 0 bridgehead atoms. The summed E-state index contributed by atoms with van der Waals surface area (Å²) in [7, 11) is 0. The number of halogens is 1. The Morgan fingerprint density at radius 1 is 1.19 bits per heavy atom. The first-order valence-electron chi connectivity index (χ1n) is 9.36. The molecule has 0 radical (unpaired) electrons. The van der Waals surface area contributed by atoms with Gasteiger partial charge in [0.25, 0.3) is 5.56 Å². The zero-order valence-corrected chi connectivity index (χ0v) is 16.8. The molecule has 4 rings (SSSR count). The lowest BCUT2D eigenvalue weighted by atomic mass is 9.95. The van der Waals surface area contributed by atoms with Crippen molar-refractivity contribution in [2.24, 2.45) is 5.92 Å². The number of nitrogens with one attached hydrogen (secondary N) is 1. The third-order valence-electron chi connectivity index (χ3n) is 5.40. The van der Waals surface area contributed by atoms with E-state index in [9.17, 15) is 9.59 Å². The Bertz CT molecular complexity index is 975. The predicted octanol–water partition coefficient (Wildman–Crippen LogP) is 5.43. The summed E-state index contributed by atoms with van der Waals surface area (Å²) in [6.45, 7) is 0. The van der Waals surface area contributed by atoms with Crippen molar-refractivity contribution in [3.8, 4) is 0 Å². The number of carbonyl (C=O) groups excluding carboxylic acids is 1. The Balaban J connectivity index is 1.77. The first-order chi connectivity index (χ1) is 13.0. The summed E-state index contributed by atoms with van der Waals surface area (Å²) >= 11 is 8.04. The molecule has 1 heterocycles. The van der Waals surface area contributed by atoms with Crippen LogP contribution in [0.15, 0.2) is 46.1 Å². The summed E-state index contributed by atoms with van der Waals surface area (Å²) < 4.78 is 0. The number of ketones is 1. The van der Waals surface area contributed by atoms with Gasteiger partial charge in [0, 0.05) is 34.6 Å². The standard InChI is InChI=1S/C22H22ClNO2S/c1-27-21-9-5-15(12-19(21)23)18(11-13-2-6-16(25)10-13)20-8-7-17(14-3-4-14)22(26)24-20/h5,7-9,11-14H,2-4,6,10H2,1H3,(H,24,26)/b18-11-/t13-/m0/s1. The van der Waals surface area contributed by atoms with Gasteiger partial charge in [-0.05, 0) is 61.1 Å². The highest BCUT2D eigenvalue weighted by atomic mass is 35.5. The molecule has 2 aromatic rings. The van der Waals surface area contributed by atoms with Gasteiger partial charge in [-0.1, -0.05) is 29.8 Å². The largest absolute Gasteiger partial charge is 0.322 e. The van der Waals surface area contributed by atoms with Crippen LogP contribution in [-0.2, 0) is 4.79 Å². The van der Waals surface area contributed by atoms with E-state index < -0.39 is 0 Å². The van der Waals surface area contributed by atoms with Crippen molar-refractivity contribution < 1.29 is 4.79 Å². The molecule has 1 atom stereocenters. The van der Waals surface area contributed by atoms with Crippen molar-refractivity contribution in [1.29, 1.82) is 0 Å². The van der Waals surface area contributed by atoms with Crippen molar-refractivity contribution in [1.82, 2.24) is 4.98 Å². The molecule has 27 heavy (non-hydrogen) atoms. The van der Waals surface area contributed by atoms with Crippen LogP contribution in [0.4, 0.5) is 0 Å². The number of aromatic nitrogens is 1. The van der Waals surface area contributed by atoms with Gasteiger partial charge in [-0.2, -0.15) is 0 Å². The minimum absolute atomic E-state index is 0.00442. The Morgan fingerprint density at radius 3 is 2.59 bits per heavy atom. The molecule has 0 amide bonds. The second-order valence-corrected chi connectivity index (χ2v) is 8.66. The second kappa shape index (κ2) is 7.69. The maximum atomic E-state index is 12.5. The van der Waals surface area contributed by atoms with Crippen molar-refractivity contribution >= 4 is 34.7 Å². The van der Waals surface area contributed by atoms with E-state index >= 15 is 0 Å². The number of pyridine rings is 1. The van der Waals surface area contributed by atoms with Crippen LogP contribution >= 0.6 is 23.4 Å². The highest BCUT2D eigenvalue weighted by Gasteiger charge is 2.27. The molecular formula is C22H22ClNO2S. The number of carbonyl (C=O) groups is 1. The van der Waals surface area contributed by atoms with Gasteiger partial charge in [-0.25, -0.2) is 0 Å². The van der Waals surface area contributed by atoms with E-state index in [4.69, 9.17) is 11.6 Å². The van der Waals surface area contributed by atoms with Gasteiger partial charge < -0.3 is 4.98 Å². The van der Waals surface area contributed by atoms with E-state index in [1.165, 1.54) is 0 Å². The molecule has 1 aromatic carbocycles. The van der Waals surface area contributed by atoms with Gasteiger partial charge in [0.1, 0.15) is 5.78 Å². The van der Waals surface area contributed by atoms with Crippen LogP contribution in [0.1, 0.15) is 54.8 Å². The SMILES string of the molecule is CSc1ccc(/C(=C/[C@H]2CCC(=O)C2)c2ccc(C3CC3)c(=O)[nH]2)cc1Cl. The Morgan fingerprint density at radius 2 is 2.00 bits per heavy atom. The number of Topliss-reactive ketones (excluding diaryl/α,β-unsaturated/α-hetero) is 1. The maximum Gasteiger partial charge on any atom is 0.251 e. The smallest absolute Gasteiger partial charge is 0.251 e. The van der Waals surface area contributed by atoms with Crippen molar-refractivity contribution in [2.75, 3.05) is 6.26 Å². The van der Waals surface area contributed by atoms with Gasteiger partial charge in [0.2, 0.25) is 0 Å². The van der Waals surface area contributed by atoms with Crippen molar-refractivity contribution in [3.63, 3.8) is 0 Å². The number of thioether (sulfide) groups is 1. The molecule has 140 valence electrons. The van der Waals surface area contributed by atoms with Crippen LogP contribution in [0.5, 0.6) is 0 Å². The molecule has 2 aliphatic rings. The summed E-state index contributed by atoms with van der Waals surface area (Å²) in [4.78, 5) is 28.4. The van der Waals surface area contributed by atoms with Crippen LogP contribution in [-0.4, -0.2) is 17.0 Å². The predicted molar refractivity (Wildman–Crippen MR) is 112 cm³/mol. The van der Waals surface area contributed by atoms with Gasteiger partial charge in [0.05, 0.1) is 5.02 Å². The lowest BCUT2D eigenvalue weighted by Gasteiger charge is -2.13. The zero-order valence-electron chi connectivity index (χ0n) is 15.3. The molecular weight excluding hydrogens is 378 g/mol. The van der Waals surface area contributed by atoms with E-state index in [1.54, 1.807) is 11.8 Å². The van der Waals surface area contributed by atoms with E-state index in [0.717, 1.165) is 46.6 Å². The molecule has 0 aliphatic heterocycles. The van der Waals surface area contributed by atoms with Crippen LogP contribution < -0.4 is 5.56 Å². The molecule has 0 saturated heterocycles. The summed E-state index contributed by atoms with van der Waals surface area (Å²) in [6.07, 6.45) is 8.40. The zero-order chi connectivity index (χ0) is 19.0. The Labute approximate surface area is 168 Å². The van der Waals surface area contributed by atoms with Gasteiger partial charge in [-0.15, -0.1) is 11.8 Å². The monoisotopic (exact) mass is 399 g/mol. The fourth-order valence-electron chi connectivity index (χ4n) is 3.75.